The molecule has 0 aliphatic heterocycles. The fourth-order valence-corrected chi connectivity index (χ4v) is 3.36. The summed E-state index contributed by atoms with van der Waals surface area (Å²) in [5.74, 6) is 0. The molecule has 3 rings (SSSR count). The number of aryl methyl sites for hydroxylation is 1. The molecule has 0 saturated heterocycles. The van der Waals surface area contributed by atoms with Gasteiger partial charge in [-0.05, 0) is 36.6 Å². The van der Waals surface area contributed by atoms with Gasteiger partial charge in [-0.2, -0.15) is 0 Å². The van der Waals surface area contributed by atoms with Crippen LogP contribution in [0.15, 0.2) is 24.4 Å². The van der Waals surface area contributed by atoms with Gasteiger partial charge in [-0.15, -0.1) is 0 Å². The van der Waals surface area contributed by atoms with E-state index in [0.717, 1.165) is 23.3 Å². The van der Waals surface area contributed by atoms with Crippen molar-refractivity contribution >= 4 is 22.5 Å². The maximum absolute atomic E-state index is 6.59. The van der Waals surface area contributed by atoms with Gasteiger partial charge < -0.3 is 10.3 Å². The third kappa shape index (κ3) is 1.84. The molecular weight excluding hydrogens is 244 g/mol. The van der Waals surface area contributed by atoms with Crippen LogP contribution in [-0.2, 0) is 12.6 Å². The van der Waals surface area contributed by atoms with Crippen molar-refractivity contribution in [3.8, 4) is 0 Å². The molecule has 3 heteroatoms. The van der Waals surface area contributed by atoms with Crippen LogP contribution in [0.2, 0.25) is 5.02 Å². The molecule has 0 radical (unpaired) electrons. The fraction of sp³-hybridized carbons (Fsp3) is 0.467. The molecule has 1 aliphatic rings. The zero-order valence-corrected chi connectivity index (χ0v) is 11.5. The van der Waals surface area contributed by atoms with E-state index in [2.05, 4.69) is 22.8 Å². The Labute approximate surface area is 113 Å². The molecule has 1 aromatic carbocycles. The average Bonchev–Trinajstić information content (AvgIpc) is 2.73. The van der Waals surface area contributed by atoms with Crippen LogP contribution in [0.3, 0.4) is 0 Å². The van der Waals surface area contributed by atoms with E-state index >= 15 is 0 Å². The first-order valence-electron chi connectivity index (χ1n) is 6.64. The van der Waals surface area contributed by atoms with Crippen LogP contribution in [0.1, 0.15) is 37.7 Å². The summed E-state index contributed by atoms with van der Waals surface area (Å²) in [5, 5.41) is 1.93. The van der Waals surface area contributed by atoms with Crippen molar-refractivity contribution in [2.45, 2.75) is 37.6 Å². The first kappa shape index (κ1) is 12.1. The molecule has 0 unspecified atom stereocenters. The summed E-state index contributed by atoms with van der Waals surface area (Å²) in [6.45, 7) is 0. The number of hydrogen-bond acceptors (Lipinski definition) is 1. The van der Waals surface area contributed by atoms with Gasteiger partial charge in [0.2, 0.25) is 0 Å². The van der Waals surface area contributed by atoms with Crippen molar-refractivity contribution in [2.24, 2.45) is 12.8 Å². The molecule has 1 aliphatic carbocycles. The van der Waals surface area contributed by atoms with Gasteiger partial charge in [0.1, 0.15) is 0 Å². The van der Waals surface area contributed by atoms with Crippen molar-refractivity contribution < 1.29 is 0 Å². The molecule has 0 atom stereocenters. The number of halogens is 1. The monoisotopic (exact) mass is 262 g/mol. The van der Waals surface area contributed by atoms with Gasteiger partial charge in [0.05, 0.1) is 5.02 Å². The quantitative estimate of drug-likeness (QED) is 0.829. The standard InChI is InChI=1S/C15H19ClN2/c1-18-8-5-12-13(16)9-11(10-14(12)18)15(17)6-3-2-4-7-15/h5,8-10H,2-4,6-7,17H2,1H3. The lowest BCUT2D eigenvalue weighted by molar-refractivity contribution is 0.302. The van der Waals surface area contributed by atoms with Gasteiger partial charge in [-0.1, -0.05) is 30.9 Å². The topological polar surface area (TPSA) is 30.9 Å². The molecule has 2 aromatic rings. The minimum absolute atomic E-state index is 0.180. The Bertz CT molecular complexity index is 579. The number of fused-ring (bicyclic) bond motifs is 1. The van der Waals surface area contributed by atoms with Gasteiger partial charge in [-0.3, -0.25) is 0 Å². The van der Waals surface area contributed by atoms with Crippen LogP contribution < -0.4 is 5.73 Å². The van der Waals surface area contributed by atoms with Crippen LogP contribution in [-0.4, -0.2) is 4.57 Å². The van der Waals surface area contributed by atoms with Crippen LogP contribution in [0, 0.1) is 0 Å². The predicted molar refractivity (Wildman–Crippen MR) is 76.9 cm³/mol. The zero-order chi connectivity index (χ0) is 12.8. The zero-order valence-electron chi connectivity index (χ0n) is 10.7. The number of hydrogen-bond donors (Lipinski definition) is 1. The number of benzene rings is 1. The van der Waals surface area contributed by atoms with E-state index in [1.165, 1.54) is 30.3 Å². The van der Waals surface area contributed by atoms with E-state index in [1.807, 2.05) is 13.2 Å². The molecule has 1 saturated carbocycles. The van der Waals surface area contributed by atoms with E-state index in [-0.39, 0.29) is 5.54 Å². The first-order chi connectivity index (χ1) is 8.60. The van der Waals surface area contributed by atoms with E-state index in [1.54, 1.807) is 0 Å². The van der Waals surface area contributed by atoms with E-state index in [4.69, 9.17) is 17.3 Å². The minimum atomic E-state index is -0.180. The Morgan fingerprint density at radius 3 is 2.67 bits per heavy atom. The molecule has 1 fully saturated rings. The normalized spacial score (nSPS) is 19.3. The van der Waals surface area contributed by atoms with E-state index in [9.17, 15) is 0 Å². The number of aromatic nitrogens is 1. The highest BCUT2D eigenvalue weighted by atomic mass is 35.5. The average molecular weight is 263 g/mol. The van der Waals surface area contributed by atoms with Crippen LogP contribution in [0.25, 0.3) is 10.9 Å². The Morgan fingerprint density at radius 1 is 1.22 bits per heavy atom. The molecule has 96 valence electrons. The molecule has 1 heterocycles. The summed E-state index contributed by atoms with van der Waals surface area (Å²) in [7, 11) is 2.05. The molecule has 0 spiro atoms. The SMILES string of the molecule is Cn1ccc2c(Cl)cc(C3(N)CCCCC3)cc21. The van der Waals surface area contributed by atoms with Crippen LogP contribution >= 0.6 is 11.6 Å². The highest BCUT2D eigenvalue weighted by molar-refractivity contribution is 6.35. The highest BCUT2D eigenvalue weighted by Gasteiger charge is 2.30. The maximum atomic E-state index is 6.59. The Kier molecular flexibility index (Phi) is 2.87. The van der Waals surface area contributed by atoms with Crippen LogP contribution in [0.5, 0.6) is 0 Å². The fourth-order valence-electron chi connectivity index (χ4n) is 3.09. The van der Waals surface area contributed by atoms with Crippen molar-refractivity contribution in [3.63, 3.8) is 0 Å². The molecule has 18 heavy (non-hydrogen) atoms. The summed E-state index contributed by atoms with van der Waals surface area (Å²) in [6.07, 6.45) is 7.93. The van der Waals surface area contributed by atoms with Gasteiger partial charge in [-0.25, -0.2) is 0 Å². The van der Waals surface area contributed by atoms with Crippen molar-refractivity contribution in [3.05, 3.63) is 35.0 Å². The molecule has 1 aromatic heterocycles. The minimum Gasteiger partial charge on any atom is -0.350 e. The van der Waals surface area contributed by atoms with Gasteiger partial charge in [0, 0.05) is 29.7 Å². The summed E-state index contributed by atoms with van der Waals surface area (Å²) < 4.78 is 2.11. The number of rotatable bonds is 1. The smallest absolute Gasteiger partial charge is 0.0503 e. The first-order valence-corrected chi connectivity index (χ1v) is 7.02. The summed E-state index contributed by atoms with van der Waals surface area (Å²) >= 11 is 6.39. The lowest BCUT2D eigenvalue weighted by Crippen LogP contribution is -2.38. The molecular formula is C15H19ClN2. The molecule has 2 nitrogen and oxygen atoms in total. The largest absolute Gasteiger partial charge is 0.350 e. The third-order valence-corrected chi connectivity index (χ3v) is 4.59. The second kappa shape index (κ2) is 4.29. The second-order valence-corrected chi connectivity index (χ2v) is 5.94. The van der Waals surface area contributed by atoms with Gasteiger partial charge in [0.15, 0.2) is 0 Å². The highest BCUT2D eigenvalue weighted by Crippen LogP contribution is 2.38. The predicted octanol–water partition coefficient (Wildman–Crippen LogP) is 3.95. The Hall–Kier alpha value is -0.990. The number of nitrogens with zero attached hydrogens (tertiary/aromatic N) is 1. The Balaban J connectivity index is 2.14. The Morgan fingerprint density at radius 2 is 1.94 bits per heavy atom. The van der Waals surface area contributed by atoms with Gasteiger partial charge in [0.25, 0.3) is 0 Å². The number of nitrogens with two attached hydrogens (primary N) is 1. The lowest BCUT2D eigenvalue weighted by Gasteiger charge is -2.34. The summed E-state index contributed by atoms with van der Waals surface area (Å²) in [4.78, 5) is 0. The molecule has 0 amide bonds. The maximum Gasteiger partial charge on any atom is 0.0503 e. The summed E-state index contributed by atoms with van der Waals surface area (Å²) in [6, 6.07) is 6.34. The van der Waals surface area contributed by atoms with E-state index < -0.39 is 0 Å². The van der Waals surface area contributed by atoms with Crippen molar-refractivity contribution in [2.75, 3.05) is 0 Å². The van der Waals surface area contributed by atoms with Crippen molar-refractivity contribution in [1.82, 2.24) is 4.57 Å². The van der Waals surface area contributed by atoms with Crippen molar-refractivity contribution in [1.29, 1.82) is 0 Å². The molecule has 0 bridgehead atoms. The summed E-state index contributed by atoms with van der Waals surface area (Å²) in [5.41, 5.74) is 8.78. The second-order valence-electron chi connectivity index (χ2n) is 5.53. The third-order valence-electron chi connectivity index (χ3n) is 4.27. The van der Waals surface area contributed by atoms with Gasteiger partial charge >= 0.3 is 0 Å². The lowest BCUT2D eigenvalue weighted by atomic mass is 9.77. The van der Waals surface area contributed by atoms with E-state index in [0.29, 0.717) is 0 Å². The van der Waals surface area contributed by atoms with Crippen LogP contribution in [0.4, 0.5) is 0 Å². The molecule has 2 N–H and O–H groups in total.